The predicted molar refractivity (Wildman–Crippen MR) is 59.3 cm³/mol. The van der Waals surface area contributed by atoms with Crippen molar-refractivity contribution in [1.82, 2.24) is 15.1 Å². The SMILES string of the molecule is CCCC(C)NCCc1ccn(C)n1. The summed E-state index contributed by atoms with van der Waals surface area (Å²) in [7, 11) is 1.95. The summed E-state index contributed by atoms with van der Waals surface area (Å²) in [6, 6.07) is 2.70. The summed E-state index contributed by atoms with van der Waals surface area (Å²) in [6.45, 7) is 5.48. The van der Waals surface area contributed by atoms with Gasteiger partial charge in [0.2, 0.25) is 0 Å². The third-order valence-electron chi connectivity index (χ3n) is 2.36. The average molecular weight is 195 g/mol. The van der Waals surface area contributed by atoms with Gasteiger partial charge >= 0.3 is 0 Å². The van der Waals surface area contributed by atoms with E-state index in [-0.39, 0.29) is 0 Å². The fourth-order valence-corrected chi connectivity index (χ4v) is 1.58. The summed E-state index contributed by atoms with van der Waals surface area (Å²) in [5.74, 6) is 0. The van der Waals surface area contributed by atoms with Crippen LogP contribution in [0.4, 0.5) is 0 Å². The molecule has 0 saturated heterocycles. The summed E-state index contributed by atoms with van der Waals surface area (Å²) in [4.78, 5) is 0. The molecule has 1 aromatic rings. The van der Waals surface area contributed by atoms with Crippen LogP contribution in [0.5, 0.6) is 0 Å². The first-order chi connectivity index (χ1) is 6.72. The monoisotopic (exact) mass is 195 g/mol. The zero-order valence-corrected chi connectivity index (χ0v) is 9.45. The van der Waals surface area contributed by atoms with Crippen molar-refractivity contribution in [2.75, 3.05) is 6.54 Å². The molecule has 1 atom stereocenters. The highest BCUT2D eigenvalue weighted by Crippen LogP contribution is 1.97. The van der Waals surface area contributed by atoms with Crippen molar-refractivity contribution < 1.29 is 0 Å². The van der Waals surface area contributed by atoms with Gasteiger partial charge < -0.3 is 5.32 Å². The first-order valence-electron chi connectivity index (χ1n) is 5.44. The fourth-order valence-electron chi connectivity index (χ4n) is 1.58. The lowest BCUT2D eigenvalue weighted by molar-refractivity contribution is 0.509. The number of rotatable bonds is 6. The third kappa shape index (κ3) is 3.92. The lowest BCUT2D eigenvalue weighted by Gasteiger charge is -2.11. The molecular weight excluding hydrogens is 174 g/mol. The number of hydrogen-bond donors (Lipinski definition) is 1. The smallest absolute Gasteiger partial charge is 0.0637 e. The number of nitrogens with one attached hydrogen (secondary N) is 1. The highest BCUT2D eigenvalue weighted by atomic mass is 15.2. The molecule has 1 aromatic heterocycles. The van der Waals surface area contributed by atoms with Crippen LogP contribution < -0.4 is 5.32 Å². The highest BCUT2D eigenvalue weighted by molar-refractivity contribution is 4.98. The molecule has 1 unspecified atom stereocenters. The molecule has 0 aliphatic heterocycles. The van der Waals surface area contributed by atoms with Gasteiger partial charge in [-0.15, -0.1) is 0 Å². The molecule has 1 heterocycles. The van der Waals surface area contributed by atoms with E-state index in [4.69, 9.17) is 0 Å². The van der Waals surface area contributed by atoms with E-state index in [2.05, 4.69) is 30.3 Å². The van der Waals surface area contributed by atoms with E-state index >= 15 is 0 Å². The second-order valence-electron chi connectivity index (χ2n) is 3.87. The predicted octanol–water partition coefficient (Wildman–Crippen LogP) is 1.74. The molecule has 0 amide bonds. The minimum atomic E-state index is 0.628. The van der Waals surface area contributed by atoms with E-state index in [1.807, 2.05) is 17.9 Å². The van der Waals surface area contributed by atoms with E-state index in [1.165, 1.54) is 18.5 Å². The molecule has 80 valence electrons. The summed E-state index contributed by atoms with van der Waals surface area (Å²) >= 11 is 0. The van der Waals surface area contributed by atoms with Crippen LogP contribution in [0.3, 0.4) is 0 Å². The topological polar surface area (TPSA) is 29.9 Å². The number of hydrogen-bond acceptors (Lipinski definition) is 2. The Kier molecular flexibility index (Phi) is 4.66. The van der Waals surface area contributed by atoms with E-state index in [1.54, 1.807) is 0 Å². The van der Waals surface area contributed by atoms with Crippen molar-refractivity contribution in [3.63, 3.8) is 0 Å². The molecule has 0 aliphatic rings. The van der Waals surface area contributed by atoms with Crippen LogP contribution in [0, 0.1) is 0 Å². The molecule has 1 N–H and O–H groups in total. The minimum absolute atomic E-state index is 0.628. The van der Waals surface area contributed by atoms with Crippen molar-refractivity contribution in [2.45, 2.75) is 39.2 Å². The minimum Gasteiger partial charge on any atom is -0.314 e. The summed E-state index contributed by atoms with van der Waals surface area (Å²) in [5.41, 5.74) is 1.17. The largest absolute Gasteiger partial charge is 0.314 e. The molecule has 3 heteroatoms. The normalized spacial score (nSPS) is 13.1. The van der Waals surface area contributed by atoms with Crippen LogP contribution in [-0.2, 0) is 13.5 Å². The molecule has 0 spiro atoms. The first-order valence-corrected chi connectivity index (χ1v) is 5.44. The average Bonchev–Trinajstić information content (AvgIpc) is 2.52. The number of nitrogens with zero attached hydrogens (tertiary/aromatic N) is 2. The van der Waals surface area contributed by atoms with Gasteiger partial charge in [-0.2, -0.15) is 5.10 Å². The third-order valence-corrected chi connectivity index (χ3v) is 2.36. The Morgan fingerprint density at radius 2 is 2.36 bits per heavy atom. The first kappa shape index (κ1) is 11.2. The zero-order valence-electron chi connectivity index (χ0n) is 9.45. The Bertz CT molecular complexity index is 255. The Balaban J connectivity index is 2.15. The maximum absolute atomic E-state index is 4.33. The van der Waals surface area contributed by atoms with Crippen molar-refractivity contribution in [3.05, 3.63) is 18.0 Å². The Morgan fingerprint density at radius 3 is 2.93 bits per heavy atom. The van der Waals surface area contributed by atoms with Crippen molar-refractivity contribution >= 4 is 0 Å². The van der Waals surface area contributed by atoms with Gasteiger partial charge in [0.15, 0.2) is 0 Å². The summed E-state index contributed by atoms with van der Waals surface area (Å²) < 4.78 is 1.85. The molecule has 0 fully saturated rings. The van der Waals surface area contributed by atoms with Gasteiger partial charge in [0, 0.05) is 32.3 Å². The number of aryl methyl sites for hydroxylation is 1. The molecule has 3 nitrogen and oxygen atoms in total. The number of aromatic nitrogens is 2. The molecular formula is C11H21N3. The maximum atomic E-state index is 4.33. The van der Waals surface area contributed by atoms with Crippen molar-refractivity contribution in [3.8, 4) is 0 Å². The van der Waals surface area contributed by atoms with Crippen molar-refractivity contribution in [1.29, 1.82) is 0 Å². The second kappa shape index (κ2) is 5.81. The molecule has 0 bridgehead atoms. The molecule has 0 aromatic carbocycles. The molecule has 0 aliphatic carbocycles. The van der Waals surface area contributed by atoms with Gasteiger partial charge in [0.05, 0.1) is 5.69 Å². The van der Waals surface area contributed by atoms with Crippen LogP contribution in [0.15, 0.2) is 12.3 Å². The van der Waals surface area contributed by atoms with Gasteiger partial charge in [-0.25, -0.2) is 0 Å². The lowest BCUT2D eigenvalue weighted by atomic mass is 10.2. The quantitative estimate of drug-likeness (QED) is 0.749. The molecule has 0 radical (unpaired) electrons. The van der Waals surface area contributed by atoms with Gasteiger partial charge in [-0.1, -0.05) is 13.3 Å². The van der Waals surface area contributed by atoms with E-state index < -0.39 is 0 Å². The maximum Gasteiger partial charge on any atom is 0.0637 e. The van der Waals surface area contributed by atoms with E-state index in [9.17, 15) is 0 Å². The zero-order chi connectivity index (χ0) is 10.4. The Morgan fingerprint density at radius 1 is 1.57 bits per heavy atom. The van der Waals surface area contributed by atoms with Gasteiger partial charge in [-0.05, 0) is 19.4 Å². The standard InChI is InChI=1S/C11H21N3/c1-4-5-10(2)12-8-6-11-7-9-14(3)13-11/h7,9-10,12H,4-6,8H2,1-3H3. The van der Waals surface area contributed by atoms with E-state index in [0.717, 1.165) is 13.0 Å². The summed E-state index contributed by atoms with van der Waals surface area (Å²) in [6.07, 6.45) is 5.51. The molecule has 1 rings (SSSR count). The van der Waals surface area contributed by atoms with Gasteiger partial charge in [-0.3, -0.25) is 4.68 Å². The molecule has 14 heavy (non-hydrogen) atoms. The molecule has 0 saturated carbocycles. The Labute approximate surface area is 86.5 Å². The van der Waals surface area contributed by atoms with Crippen molar-refractivity contribution in [2.24, 2.45) is 7.05 Å². The summed E-state index contributed by atoms with van der Waals surface area (Å²) in [5, 5.41) is 7.82. The van der Waals surface area contributed by atoms with Crippen LogP contribution >= 0.6 is 0 Å². The van der Waals surface area contributed by atoms with E-state index in [0.29, 0.717) is 6.04 Å². The second-order valence-corrected chi connectivity index (χ2v) is 3.87. The Hall–Kier alpha value is -0.830. The van der Waals surface area contributed by atoms with Crippen LogP contribution in [0.1, 0.15) is 32.4 Å². The van der Waals surface area contributed by atoms with Crippen LogP contribution in [-0.4, -0.2) is 22.4 Å². The fraction of sp³-hybridized carbons (Fsp3) is 0.727. The van der Waals surface area contributed by atoms with Gasteiger partial charge in [0.25, 0.3) is 0 Å². The van der Waals surface area contributed by atoms with Crippen LogP contribution in [0.25, 0.3) is 0 Å². The highest BCUT2D eigenvalue weighted by Gasteiger charge is 2.00. The lowest BCUT2D eigenvalue weighted by Crippen LogP contribution is -2.27. The van der Waals surface area contributed by atoms with Crippen LogP contribution in [0.2, 0.25) is 0 Å². The van der Waals surface area contributed by atoms with Gasteiger partial charge in [0.1, 0.15) is 0 Å².